The number of nitrogens with one attached hydrogen (secondary N) is 1. The molecule has 1 unspecified atom stereocenters. The van der Waals surface area contributed by atoms with E-state index >= 15 is 0 Å². The molecule has 1 aliphatic rings. The van der Waals surface area contributed by atoms with Crippen molar-refractivity contribution >= 4 is 6.03 Å². The molecule has 0 spiro atoms. The molecule has 2 rings (SSSR count). The number of hydrogen-bond acceptors (Lipinski definition) is 2. The van der Waals surface area contributed by atoms with Gasteiger partial charge in [-0.1, -0.05) is 19.1 Å². The number of carbonyl (C=O) groups is 1. The van der Waals surface area contributed by atoms with Gasteiger partial charge in [0.25, 0.3) is 0 Å². The second kappa shape index (κ2) is 6.17. The Morgan fingerprint density at radius 3 is 2.70 bits per heavy atom. The number of urea groups is 1. The van der Waals surface area contributed by atoms with Crippen LogP contribution in [0.4, 0.5) is 13.6 Å². The lowest BCUT2D eigenvalue weighted by molar-refractivity contribution is 0.193. The Balaban J connectivity index is 2.19. The van der Waals surface area contributed by atoms with Gasteiger partial charge in [-0.25, -0.2) is 13.6 Å². The van der Waals surface area contributed by atoms with Gasteiger partial charge in [-0.3, -0.25) is 0 Å². The third-order valence-corrected chi connectivity index (χ3v) is 3.51. The number of halogens is 2. The maximum Gasteiger partial charge on any atom is 0.319 e. The van der Waals surface area contributed by atoms with E-state index in [2.05, 4.69) is 5.32 Å². The molecule has 1 aliphatic heterocycles. The molecule has 1 fully saturated rings. The number of benzene rings is 1. The first-order valence-electron chi connectivity index (χ1n) is 6.72. The molecule has 0 saturated carbocycles. The summed E-state index contributed by atoms with van der Waals surface area (Å²) in [5, 5.41) is 3.11. The summed E-state index contributed by atoms with van der Waals surface area (Å²) >= 11 is 0. The minimum absolute atomic E-state index is 0.0790. The Morgan fingerprint density at radius 2 is 2.10 bits per heavy atom. The second-order valence-electron chi connectivity index (χ2n) is 4.90. The van der Waals surface area contributed by atoms with Gasteiger partial charge in [0, 0.05) is 32.2 Å². The standard InChI is InChI=1S/C14H19F2N3O/c1-3-17-12(9-19-8-7-18(2)14(19)20)10-5-4-6-11(15)13(10)16/h4-6,12,17H,3,7-9H2,1-2H3. The van der Waals surface area contributed by atoms with E-state index in [0.717, 1.165) is 6.07 Å². The van der Waals surface area contributed by atoms with Crippen LogP contribution in [0.15, 0.2) is 18.2 Å². The summed E-state index contributed by atoms with van der Waals surface area (Å²) in [6.45, 7) is 4.09. The highest BCUT2D eigenvalue weighted by Crippen LogP contribution is 2.21. The van der Waals surface area contributed by atoms with Gasteiger partial charge in [-0.15, -0.1) is 0 Å². The van der Waals surface area contributed by atoms with Gasteiger partial charge in [0.1, 0.15) is 0 Å². The van der Waals surface area contributed by atoms with Crippen molar-refractivity contribution in [2.45, 2.75) is 13.0 Å². The predicted octanol–water partition coefficient (Wildman–Crippen LogP) is 1.98. The first-order valence-corrected chi connectivity index (χ1v) is 6.72. The SMILES string of the molecule is CCNC(CN1CCN(C)C1=O)c1cccc(F)c1F. The molecule has 0 bridgehead atoms. The Labute approximate surface area is 117 Å². The summed E-state index contributed by atoms with van der Waals surface area (Å²) in [6, 6.07) is 3.64. The second-order valence-corrected chi connectivity index (χ2v) is 4.90. The number of rotatable bonds is 5. The zero-order valence-electron chi connectivity index (χ0n) is 11.7. The molecule has 0 aliphatic carbocycles. The zero-order chi connectivity index (χ0) is 14.7. The molecule has 1 heterocycles. The molecule has 6 heteroatoms. The highest BCUT2D eigenvalue weighted by molar-refractivity contribution is 5.76. The number of nitrogens with zero attached hydrogens (tertiary/aromatic N) is 2. The maximum atomic E-state index is 13.9. The predicted molar refractivity (Wildman–Crippen MR) is 72.4 cm³/mol. The van der Waals surface area contributed by atoms with Crippen LogP contribution in [0.3, 0.4) is 0 Å². The van der Waals surface area contributed by atoms with E-state index in [1.165, 1.54) is 6.07 Å². The van der Waals surface area contributed by atoms with Crippen LogP contribution >= 0.6 is 0 Å². The minimum atomic E-state index is -0.865. The van der Waals surface area contributed by atoms with Crippen molar-refractivity contribution in [2.24, 2.45) is 0 Å². The van der Waals surface area contributed by atoms with E-state index in [0.29, 0.717) is 26.2 Å². The highest BCUT2D eigenvalue weighted by Gasteiger charge is 2.29. The van der Waals surface area contributed by atoms with Gasteiger partial charge >= 0.3 is 6.03 Å². The molecule has 0 aromatic heterocycles. The topological polar surface area (TPSA) is 35.6 Å². The lowest BCUT2D eigenvalue weighted by Crippen LogP contribution is -2.38. The van der Waals surface area contributed by atoms with Crippen LogP contribution in [-0.2, 0) is 0 Å². The van der Waals surface area contributed by atoms with E-state index < -0.39 is 17.7 Å². The number of carbonyl (C=O) groups excluding carboxylic acids is 1. The monoisotopic (exact) mass is 283 g/mol. The zero-order valence-corrected chi connectivity index (χ0v) is 11.7. The van der Waals surface area contributed by atoms with Crippen LogP contribution in [0.1, 0.15) is 18.5 Å². The van der Waals surface area contributed by atoms with Crippen LogP contribution in [0.25, 0.3) is 0 Å². The fourth-order valence-corrected chi connectivity index (χ4v) is 2.40. The van der Waals surface area contributed by atoms with Gasteiger partial charge < -0.3 is 15.1 Å². The molecule has 0 radical (unpaired) electrons. The first kappa shape index (κ1) is 14.7. The first-order chi connectivity index (χ1) is 9.54. The summed E-state index contributed by atoms with van der Waals surface area (Å²) in [5.41, 5.74) is 0.259. The van der Waals surface area contributed by atoms with E-state index in [1.54, 1.807) is 22.9 Å². The van der Waals surface area contributed by atoms with Gasteiger partial charge in [0.15, 0.2) is 11.6 Å². The van der Waals surface area contributed by atoms with Crippen molar-refractivity contribution in [3.8, 4) is 0 Å². The van der Waals surface area contributed by atoms with Gasteiger partial charge in [0.05, 0.1) is 6.04 Å². The summed E-state index contributed by atoms with van der Waals surface area (Å²) in [7, 11) is 1.73. The molecule has 110 valence electrons. The van der Waals surface area contributed by atoms with Crippen LogP contribution in [0, 0.1) is 11.6 Å². The largest absolute Gasteiger partial charge is 0.326 e. The van der Waals surface area contributed by atoms with Gasteiger partial charge in [-0.2, -0.15) is 0 Å². The van der Waals surface area contributed by atoms with Crippen LogP contribution in [-0.4, -0.2) is 49.1 Å². The Morgan fingerprint density at radius 1 is 1.35 bits per heavy atom. The van der Waals surface area contributed by atoms with Crippen molar-refractivity contribution in [1.82, 2.24) is 15.1 Å². The average Bonchev–Trinajstić information content (AvgIpc) is 2.73. The van der Waals surface area contributed by atoms with E-state index in [-0.39, 0.29) is 11.6 Å². The average molecular weight is 283 g/mol. The smallest absolute Gasteiger partial charge is 0.319 e. The minimum Gasteiger partial charge on any atom is -0.326 e. The van der Waals surface area contributed by atoms with Gasteiger partial charge in [0.2, 0.25) is 0 Å². The number of amides is 2. The highest BCUT2D eigenvalue weighted by atomic mass is 19.2. The summed E-state index contributed by atoms with van der Waals surface area (Å²) in [6.07, 6.45) is 0. The Kier molecular flexibility index (Phi) is 4.54. The molecule has 1 N–H and O–H groups in total. The Bertz CT molecular complexity index is 495. The Hall–Kier alpha value is -1.69. The summed E-state index contributed by atoms with van der Waals surface area (Å²) < 4.78 is 27.2. The molecule has 1 saturated heterocycles. The van der Waals surface area contributed by atoms with Crippen LogP contribution in [0.2, 0.25) is 0 Å². The quantitative estimate of drug-likeness (QED) is 0.897. The molecular formula is C14H19F2N3O. The third-order valence-electron chi connectivity index (χ3n) is 3.51. The lowest BCUT2D eigenvalue weighted by atomic mass is 10.1. The van der Waals surface area contributed by atoms with Crippen LogP contribution in [0.5, 0.6) is 0 Å². The van der Waals surface area contributed by atoms with Crippen molar-refractivity contribution in [2.75, 3.05) is 33.2 Å². The molecular weight excluding hydrogens is 264 g/mol. The van der Waals surface area contributed by atoms with Crippen molar-refractivity contribution in [3.05, 3.63) is 35.4 Å². The third kappa shape index (κ3) is 2.90. The summed E-state index contributed by atoms with van der Waals surface area (Å²) in [5.74, 6) is -1.71. The molecule has 1 atom stereocenters. The fourth-order valence-electron chi connectivity index (χ4n) is 2.40. The van der Waals surface area contributed by atoms with E-state index in [9.17, 15) is 13.6 Å². The van der Waals surface area contributed by atoms with Gasteiger partial charge in [-0.05, 0) is 12.6 Å². The summed E-state index contributed by atoms with van der Waals surface area (Å²) in [4.78, 5) is 15.2. The lowest BCUT2D eigenvalue weighted by Gasteiger charge is -2.25. The molecule has 2 amide bonds. The maximum absolute atomic E-state index is 13.9. The fraction of sp³-hybridized carbons (Fsp3) is 0.500. The molecule has 1 aromatic carbocycles. The normalized spacial score (nSPS) is 16.9. The molecule has 4 nitrogen and oxygen atoms in total. The van der Waals surface area contributed by atoms with E-state index in [4.69, 9.17) is 0 Å². The van der Waals surface area contributed by atoms with Crippen molar-refractivity contribution in [3.63, 3.8) is 0 Å². The number of hydrogen-bond donors (Lipinski definition) is 1. The van der Waals surface area contributed by atoms with E-state index in [1.807, 2.05) is 6.92 Å². The number of likely N-dealkylation sites (N-methyl/N-ethyl adjacent to an activating group) is 2. The van der Waals surface area contributed by atoms with Crippen molar-refractivity contribution < 1.29 is 13.6 Å². The van der Waals surface area contributed by atoms with Crippen molar-refractivity contribution in [1.29, 1.82) is 0 Å². The molecule has 1 aromatic rings. The van der Waals surface area contributed by atoms with Crippen LogP contribution < -0.4 is 5.32 Å². The molecule has 20 heavy (non-hydrogen) atoms.